The SMILES string of the molecule is COc1cccc(CN=C(N)NCC2CCC2)c1OC1CCCC1.I. The third-order valence-electron chi connectivity index (χ3n) is 5.08. The van der Waals surface area contributed by atoms with E-state index >= 15 is 0 Å². The lowest BCUT2D eigenvalue weighted by Gasteiger charge is -2.25. The molecule has 6 heteroatoms. The predicted octanol–water partition coefficient (Wildman–Crippen LogP) is 3.84. The number of hydrogen-bond acceptors (Lipinski definition) is 3. The smallest absolute Gasteiger partial charge is 0.188 e. The normalized spacial score (nSPS) is 18.4. The number of methoxy groups -OCH3 is 1. The summed E-state index contributed by atoms with van der Waals surface area (Å²) in [5, 5.41) is 3.23. The molecule has 2 fully saturated rings. The molecular formula is C19H30IN3O2. The number of rotatable bonds is 7. The molecule has 0 amide bonds. The number of nitrogens with one attached hydrogen (secondary N) is 1. The van der Waals surface area contributed by atoms with E-state index in [-0.39, 0.29) is 30.1 Å². The summed E-state index contributed by atoms with van der Waals surface area (Å²) in [7, 11) is 1.68. The second-order valence-electron chi connectivity index (χ2n) is 6.85. The van der Waals surface area contributed by atoms with Gasteiger partial charge in [0.1, 0.15) is 0 Å². The van der Waals surface area contributed by atoms with E-state index in [1.807, 2.05) is 18.2 Å². The molecule has 0 spiro atoms. The molecule has 5 nitrogen and oxygen atoms in total. The average Bonchev–Trinajstić information content (AvgIpc) is 3.05. The van der Waals surface area contributed by atoms with E-state index in [1.165, 1.54) is 32.1 Å². The molecule has 1 aromatic carbocycles. The van der Waals surface area contributed by atoms with Crippen LogP contribution in [0.2, 0.25) is 0 Å². The Morgan fingerprint density at radius 3 is 2.60 bits per heavy atom. The number of para-hydroxylation sites is 1. The van der Waals surface area contributed by atoms with Gasteiger partial charge >= 0.3 is 0 Å². The Morgan fingerprint density at radius 2 is 1.96 bits per heavy atom. The highest BCUT2D eigenvalue weighted by atomic mass is 127. The molecule has 3 rings (SSSR count). The summed E-state index contributed by atoms with van der Waals surface area (Å²) >= 11 is 0. The van der Waals surface area contributed by atoms with Crippen LogP contribution in [0.25, 0.3) is 0 Å². The lowest BCUT2D eigenvalue weighted by atomic mass is 9.85. The number of nitrogens with two attached hydrogens (primary N) is 1. The van der Waals surface area contributed by atoms with Gasteiger partial charge in [-0.2, -0.15) is 0 Å². The summed E-state index contributed by atoms with van der Waals surface area (Å²) < 4.78 is 11.7. The third-order valence-corrected chi connectivity index (χ3v) is 5.08. The molecule has 0 aromatic heterocycles. The maximum atomic E-state index is 6.23. The molecule has 2 aliphatic carbocycles. The summed E-state index contributed by atoms with van der Waals surface area (Å²) in [4.78, 5) is 4.48. The first-order chi connectivity index (χ1) is 11.8. The van der Waals surface area contributed by atoms with Crippen LogP contribution in [-0.2, 0) is 6.54 Å². The highest BCUT2D eigenvalue weighted by molar-refractivity contribution is 14.0. The van der Waals surface area contributed by atoms with Gasteiger partial charge in [-0.25, -0.2) is 4.99 Å². The Labute approximate surface area is 167 Å². The lowest BCUT2D eigenvalue weighted by molar-refractivity contribution is 0.198. The first-order valence-corrected chi connectivity index (χ1v) is 9.12. The number of ether oxygens (including phenoxy) is 2. The van der Waals surface area contributed by atoms with Crippen LogP contribution in [0.5, 0.6) is 11.5 Å². The summed E-state index contributed by atoms with van der Waals surface area (Å²) in [5.41, 5.74) is 7.02. The first-order valence-electron chi connectivity index (χ1n) is 9.12. The highest BCUT2D eigenvalue weighted by Gasteiger charge is 2.20. The van der Waals surface area contributed by atoms with Crippen molar-refractivity contribution in [3.8, 4) is 11.5 Å². The van der Waals surface area contributed by atoms with Gasteiger partial charge in [0, 0.05) is 12.1 Å². The molecule has 0 aliphatic heterocycles. The van der Waals surface area contributed by atoms with Crippen molar-refractivity contribution in [2.75, 3.05) is 13.7 Å². The summed E-state index contributed by atoms with van der Waals surface area (Å²) in [6.45, 7) is 1.43. The standard InChI is InChI=1S/C19H29N3O2.HI/c1-23-17-11-5-8-15(18(17)24-16-9-2-3-10-16)13-22-19(20)21-12-14-6-4-7-14;/h5,8,11,14,16H,2-4,6-7,9-10,12-13H2,1H3,(H3,20,21,22);1H. The molecule has 0 atom stereocenters. The van der Waals surface area contributed by atoms with Crippen LogP contribution in [0, 0.1) is 5.92 Å². The minimum Gasteiger partial charge on any atom is -0.493 e. The van der Waals surface area contributed by atoms with E-state index in [0.717, 1.165) is 42.4 Å². The van der Waals surface area contributed by atoms with Crippen LogP contribution in [0.1, 0.15) is 50.5 Å². The minimum atomic E-state index is 0. The average molecular weight is 459 g/mol. The molecule has 3 N–H and O–H groups in total. The molecule has 2 aliphatic rings. The first kappa shape index (κ1) is 20.1. The number of benzene rings is 1. The second kappa shape index (κ2) is 10.1. The quantitative estimate of drug-likeness (QED) is 0.370. The molecule has 140 valence electrons. The number of halogens is 1. The molecule has 0 bridgehead atoms. The zero-order valence-electron chi connectivity index (χ0n) is 15.0. The monoisotopic (exact) mass is 459 g/mol. The number of guanidine groups is 1. The molecule has 0 heterocycles. The summed E-state index contributed by atoms with van der Waals surface area (Å²) in [6.07, 6.45) is 8.95. The van der Waals surface area contributed by atoms with E-state index in [4.69, 9.17) is 15.2 Å². The van der Waals surface area contributed by atoms with Gasteiger partial charge in [-0.3, -0.25) is 0 Å². The minimum absolute atomic E-state index is 0. The largest absolute Gasteiger partial charge is 0.493 e. The molecule has 1 aromatic rings. The molecular weight excluding hydrogens is 429 g/mol. The van der Waals surface area contributed by atoms with Crippen molar-refractivity contribution in [3.63, 3.8) is 0 Å². The van der Waals surface area contributed by atoms with Crippen LogP contribution in [0.15, 0.2) is 23.2 Å². The van der Waals surface area contributed by atoms with Crippen LogP contribution < -0.4 is 20.5 Å². The second-order valence-corrected chi connectivity index (χ2v) is 6.85. The Kier molecular flexibility index (Phi) is 8.12. The highest BCUT2D eigenvalue weighted by Crippen LogP contribution is 2.35. The summed E-state index contributed by atoms with van der Waals surface area (Å²) in [5.74, 6) is 2.87. The fourth-order valence-corrected chi connectivity index (χ4v) is 3.33. The van der Waals surface area contributed by atoms with Crippen LogP contribution >= 0.6 is 24.0 Å². The Morgan fingerprint density at radius 1 is 1.20 bits per heavy atom. The molecule has 25 heavy (non-hydrogen) atoms. The van der Waals surface area contributed by atoms with Crippen LogP contribution in [0.4, 0.5) is 0 Å². The van der Waals surface area contributed by atoms with Gasteiger partial charge in [-0.1, -0.05) is 18.6 Å². The summed E-state index contributed by atoms with van der Waals surface area (Å²) in [6, 6.07) is 5.95. The van der Waals surface area contributed by atoms with E-state index in [9.17, 15) is 0 Å². The lowest BCUT2D eigenvalue weighted by Crippen LogP contribution is -2.37. The number of nitrogens with zero attached hydrogens (tertiary/aromatic N) is 1. The molecule has 0 radical (unpaired) electrons. The molecule has 0 unspecified atom stereocenters. The van der Waals surface area contributed by atoms with Gasteiger partial charge < -0.3 is 20.5 Å². The van der Waals surface area contributed by atoms with Crippen molar-refractivity contribution in [3.05, 3.63) is 23.8 Å². The van der Waals surface area contributed by atoms with Crippen LogP contribution in [0.3, 0.4) is 0 Å². The Balaban J connectivity index is 0.00000225. The van der Waals surface area contributed by atoms with Gasteiger partial charge in [0.05, 0.1) is 19.8 Å². The van der Waals surface area contributed by atoms with Crippen LogP contribution in [-0.4, -0.2) is 25.7 Å². The Hall–Kier alpha value is -1.18. The van der Waals surface area contributed by atoms with E-state index in [0.29, 0.717) is 12.5 Å². The molecule has 0 saturated heterocycles. The van der Waals surface area contributed by atoms with Gasteiger partial charge in [0.15, 0.2) is 17.5 Å². The van der Waals surface area contributed by atoms with E-state index in [2.05, 4.69) is 10.3 Å². The maximum absolute atomic E-state index is 6.23. The van der Waals surface area contributed by atoms with Gasteiger partial charge in [0.25, 0.3) is 0 Å². The van der Waals surface area contributed by atoms with E-state index in [1.54, 1.807) is 7.11 Å². The van der Waals surface area contributed by atoms with Crippen molar-refractivity contribution >= 4 is 29.9 Å². The van der Waals surface area contributed by atoms with Crippen molar-refractivity contribution < 1.29 is 9.47 Å². The third kappa shape index (κ3) is 5.66. The number of aliphatic imine (C=N–C) groups is 1. The predicted molar refractivity (Wildman–Crippen MR) is 112 cm³/mol. The fourth-order valence-electron chi connectivity index (χ4n) is 3.33. The fraction of sp³-hybridized carbons (Fsp3) is 0.632. The van der Waals surface area contributed by atoms with Crippen molar-refractivity contribution in [1.29, 1.82) is 0 Å². The van der Waals surface area contributed by atoms with Gasteiger partial charge in [-0.15, -0.1) is 24.0 Å². The number of hydrogen-bond donors (Lipinski definition) is 2. The zero-order chi connectivity index (χ0) is 16.8. The molecule has 2 saturated carbocycles. The van der Waals surface area contributed by atoms with Gasteiger partial charge in [0.2, 0.25) is 0 Å². The zero-order valence-corrected chi connectivity index (χ0v) is 17.3. The van der Waals surface area contributed by atoms with Crippen molar-refractivity contribution in [1.82, 2.24) is 5.32 Å². The maximum Gasteiger partial charge on any atom is 0.188 e. The topological polar surface area (TPSA) is 68.9 Å². The van der Waals surface area contributed by atoms with Crippen molar-refractivity contribution in [2.45, 2.75) is 57.6 Å². The van der Waals surface area contributed by atoms with Gasteiger partial charge in [-0.05, 0) is 50.5 Å². The Bertz CT molecular complexity index is 570. The van der Waals surface area contributed by atoms with E-state index < -0.39 is 0 Å². The van der Waals surface area contributed by atoms with Crippen molar-refractivity contribution in [2.24, 2.45) is 16.6 Å².